The Balaban J connectivity index is 2.28. The van der Waals surface area contributed by atoms with Crippen LogP contribution in [-0.4, -0.2) is 21.0 Å². The lowest BCUT2D eigenvalue weighted by atomic mass is 10.1. The van der Waals surface area contributed by atoms with Crippen molar-refractivity contribution in [2.24, 2.45) is 0 Å². The summed E-state index contributed by atoms with van der Waals surface area (Å²) in [6.07, 6.45) is 5.19. The van der Waals surface area contributed by atoms with Crippen LogP contribution in [0, 0.1) is 10.1 Å². The summed E-state index contributed by atoms with van der Waals surface area (Å²) in [4.78, 5) is 14.6. The summed E-state index contributed by atoms with van der Waals surface area (Å²) in [6.45, 7) is 3.14. The predicted molar refractivity (Wildman–Crippen MR) is 68.6 cm³/mol. The number of hydrogen-bond donors (Lipinski definition) is 1. The number of nitrogens with one attached hydrogen (secondary N) is 1. The fourth-order valence-electron chi connectivity index (χ4n) is 1.76. The summed E-state index contributed by atoms with van der Waals surface area (Å²) in [7, 11) is 0. The molecular weight excluding hydrogens is 232 g/mol. The molecule has 1 heterocycles. The van der Waals surface area contributed by atoms with Gasteiger partial charge in [-0.05, 0) is 18.6 Å². The van der Waals surface area contributed by atoms with E-state index in [4.69, 9.17) is 0 Å². The van der Waals surface area contributed by atoms with Gasteiger partial charge in [0.25, 0.3) is 5.69 Å². The van der Waals surface area contributed by atoms with Crippen LogP contribution >= 0.6 is 0 Å². The van der Waals surface area contributed by atoms with Crippen LogP contribution in [0.1, 0.15) is 12.5 Å². The van der Waals surface area contributed by atoms with E-state index in [9.17, 15) is 10.1 Å². The number of anilines is 1. The number of nitro benzene ring substituents is 1. The van der Waals surface area contributed by atoms with Gasteiger partial charge in [-0.2, -0.15) is 0 Å². The van der Waals surface area contributed by atoms with Crippen LogP contribution in [0.3, 0.4) is 0 Å². The molecule has 94 valence electrons. The fourth-order valence-corrected chi connectivity index (χ4v) is 1.76. The maximum atomic E-state index is 11.0. The quantitative estimate of drug-likeness (QED) is 0.648. The molecule has 6 heteroatoms. The lowest BCUT2D eigenvalue weighted by molar-refractivity contribution is -0.384. The minimum absolute atomic E-state index is 0.106. The van der Waals surface area contributed by atoms with E-state index in [0.29, 0.717) is 18.8 Å². The lowest BCUT2D eigenvalue weighted by Gasteiger charge is -2.07. The molecule has 1 N–H and O–H groups in total. The zero-order valence-electron chi connectivity index (χ0n) is 10.0. The molecule has 0 aliphatic rings. The lowest BCUT2D eigenvalue weighted by Crippen LogP contribution is -2.03. The fraction of sp³-hybridized carbons (Fsp3) is 0.250. The number of hydrogen-bond acceptors (Lipinski definition) is 4. The molecule has 1 aromatic heterocycles. The Morgan fingerprint density at radius 2 is 2.33 bits per heavy atom. The van der Waals surface area contributed by atoms with Crippen molar-refractivity contribution in [1.29, 1.82) is 0 Å². The van der Waals surface area contributed by atoms with Crippen molar-refractivity contribution in [3.8, 4) is 0 Å². The van der Waals surface area contributed by atoms with Gasteiger partial charge < -0.3 is 9.88 Å². The second kappa shape index (κ2) is 5.31. The summed E-state index contributed by atoms with van der Waals surface area (Å²) < 4.78 is 1.87. The molecular formula is C12H14N4O2. The number of nitrogens with zero attached hydrogens (tertiary/aromatic N) is 3. The van der Waals surface area contributed by atoms with Gasteiger partial charge >= 0.3 is 0 Å². The van der Waals surface area contributed by atoms with Crippen molar-refractivity contribution >= 4 is 11.4 Å². The number of aromatic nitrogens is 2. The third-order valence-corrected chi connectivity index (χ3v) is 2.55. The molecule has 6 nitrogen and oxygen atoms in total. The van der Waals surface area contributed by atoms with E-state index in [-0.39, 0.29) is 10.6 Å². The van der Waals surface area contributed by atoms with Crippen molar-refractivity contribution in [3.63, 3.8) is 0 Å². The summed E-state index contributed by atoms with van der Waals surface area (Å²) in [6, 6.07) is 5.22. The van der Waals surface area contributed by atoms with Gasteiger partial charge in [-0.15, -0.1) is 0 Å². The first kappa shape index (κ1) is 12.1. The first-order valence-corrected chi connectivity index (χ1v) is 5.67. The molecule has 0 spiro atoms. The highest BCUT2D eigenvalue weighted by atomic mass is 16.6. The molecule has 0 fully saturated rings. The van der Waals surface area contributed by atoms with E-state index in [0.717, 1.165) is 5.56 Å². The Morgan fingerprint density at radius 1 is 1.50 bits per heavy atom. The highest BCUT2D eigenvalue weighted by molar-refractivity contribution is 5.62. The standard InChI is InChI=1S/C12H14N4O2/c1-2-14-11-4-3-10(7-12(11)16(17)18)8-15-6-5-13-9-15/h3-7,9,14H,2,8H2,1H3. The minimum Gasteiger partial charge on any atom is -0.380 e. The van der Waals surface area contributed by atoms with Crippen molar-refractivity contribution in [2.45, 2.75) is 13.5 Å². The van der Waals surface area contributed by atoms with Crippen LogP contribution in [-0.2, 0) is 6.54 Å². The molecule has 2 rings (SSSR count). The second-order valence-corrected chi connectivity index (χ2v) is 3.87. The van der Waals surface area contributed by atoms with E-state index >= 15 is 0 Å². The van der Waals surface area contributed by atoms with Crippen molar-refractivity contribution < 1.29 is 4.92 Å². The van der Waals surface area contributed by atoms with Crippen LogP contribution in [0.5, 0.6) is 0 Å². The maximum Gasteiger partial charge on any atom is 0.292 e. The third-order valence-electron chi connectivity index (χ3n) is 2.55. The average Bonchev–Trinajstić information content (AvgIpc) is 2.84. The van der Waals surface area contributed by atoms with E-state index < -0.39 is 0 Å². The van der Waals surface area contributed by atoms with Crippen LogP contribution in [0.2, 0.25) is 0 Å². The van der Waals surface area contributed by atoms with Gasteiger partial charge in [-0.25, -0.2) is 4.98 Å². The number of nitro groups is 1. The summed E-state index contributed by atoms with van der Waals surface area (Å²) >= 11 is 0. The number of rotatable bonds is 5. The van der Waals surface area contributed by atoms with Crippen LogP contribution in [0.25, 0.3) is 0 Å². The van der Waals surface area contributed by atoms with Crippen LogP contribution in [0.4, 0.5) is 11.4 Å². The monoisotopic (exact) mass is 246 g/mol. The van der Waals surface area contributed by atoms with Crippen LogP contribution < -0.4 is 5.32 Å². The van der Waals surface area contributed by atoms with Gasteiger partial charge in [0.2, 0.25) is 0 Å². The van der Waals surface area contributed by atoms with E-state index in [1.165, 1.54) is 0 Å². The summed E-state index contributed by atoms with van der Waals surface area (Å²) in [5, 5.41) is 14.0. The molecule has 0 bridgehead atoms. The Bertz CT molecular complexity index is 537. The molecule has 18 heavy (non-hydrogen) atoms. The van der Waals surface area contributed by atoms with Gasteiger partial charge in [-0.3, -0.25) is 10.1 Å². The molecule has 0 amide bonds. The highest BCUT2D eigenvalue weighted by Crippen LogP contribution is 2.25. The van der Waals surface area contributed by atoms with Gasteiger partial charge in [0.15, 0.2) is 0 Å². The van der Waals surface area contributed by atoms with Gasteiger partial charge in [-0.1, -0.05) is 6.07 Å². The Hall–Kier alpha value is -2.37. The van der Waals surface area contributed by atoms with E-state index in [1.54, 1.807) is 24.7 Å². The van der Waals surface area contributed by atoms with Gasteiger partial charge in [0, 0.05) is 31.5 Å². The molecule has 0 atom stereocenters. The largest absolute Gasteiger partial charge is 0.380 e. The molecule has 0 saturated heterocycles. The van der Waals surface area contributed by atoms with Crippen molar-refractivity contribution in [1.82, 2.24) is 9.55 Å². The smallest absolute Gasteiger partial charge is 0.292 e. The number of benzene rings is 1. The topological polar surface area (TPSA) is 73.0 Å². The Kier molecular flexibility index (Phi) is 3.57. The predicted octanol–water partition coefficient (Wildman–Crippen LogP) is 2.27. The minimum atomic E-state index is -0.366. The molecule has 0 aliphatic carbocycles. The maximum absolute atomic E-state index is 11.0. The molecule has 1 aromatic carbocycles. The Morgan fingerprint density at radius 3 is 2.94 bits per heavy atom. The van der Waals surface area contributed by atoms with E-state index in [2.05, 4.69) is 10.3 Å². The summed E-state index contributed by atoms with van der Waals surface area (Å²) in [5.74, 6) is 0. The van der Waals surface area contributed by atoms with Gasteiger partial charge in [0.1, 0.15) is 5.69 Å². The molecule has 0 saturated carbocycles. The summed E-state index contributed by atoms with van der Waals surface area (Å²) in [5.41, 5.74) is 1.53. The zero-order chi connectivity index (χ0) is 13.0. The van der Waals surface area contributed by atoms with E-state index in [1.807, 2.05) is 23.8 Å². The highest BCUT2D eigenvalue weighted by Gasteiger charge is 2.13. The van der Waals surface area contributed by atoms with Crippen molar-refractivity contribution in [3.05, 3.63) is 52.6 Å². The van der Waals surface area contributed by atoms with Crippen molar-refractivity contribution in [2.75, 3.05) is 11.9 Å². The SMILES string of the molecule is CCNc1ccc(Cn2ccnc2)cc1[N+](=O)[O-]. The first-order chi connectivity index (χ1) is 8.70. The zero-order valence-corrected chi connectivity index (χ0v) is 10.0. The molecule has 0 aliphatic heterocycles. The second-order valence-electron chi connectivity index (χ2n) is 3.87. The third kappa shape index (κ3) is 2.65. The van der Waals surface area contributed by atoms with Crippen LogP contribution in [0.15, 0.2) is 36.9 Å². The number of imidazole rings is 1. The molecule has 0 radical (unpaired) electrons. The molecule has 0 unspecified atom stereocenters. The Labute approximate surface area is 104 Å². The first-order valence-electron chi connectivity index (χ1n) is 5.67. The molecule has 2 aromatic rings. The normalized spacial score (nSPS) is 10.3. The average molecular weight is 246 g/mol. The van der Waals surface area contributed by atoms with Gasteiger partial charge in [0.05, 0.1) is 11.3 Å².